The van der Waals surface area contributed by atoms with Gasteiger partial charge in [0.05, 0.1) is 0 Å². The first-order valence-electron chi connectivity index (χ1n) is 6.77. The molecule has 15 heavy (non-hydrogen) atoms. The Balaban J connectivity index is 1.77. The van der Waals surface area contributed by atoms with Crippen LogP contribution in [0.15, 0.2) is 0 Å². The first-order chi connectivity index (χ1) is 7.03. The van der Waals surface area contributed by atoms with Gasteiger partial charge in [-0.05, 0) is 0 Å². The maximum absolute atomic E-state index is 5.91. The number of methoxy groups -OCH3 is 1. The van der Waals surface area contributed by atoms with Crippen molar-refractivity contribution < 1.29 is 11.2 Å². The molecule has 10 aliphatic rings. The first-order valence-corrected chi connectivity index (χ1v) is 13.1. The van der Waals surface area contributed by atoms with Crippen LogP contribution in [0.1, 0.15) is 6.92 Å². The van der Waals surface area contributed by atoms with Gasteiger partial charge in [0, 0.05) is 0 Å². The molecule has 0 amide bonds. The summed E-state index contributed by atoms with van der Waals surface area (Å²) >= 11 is 0. The summed E-state index contributed by atoms with van der Waals surface area (Å²) in [4.78, 5) is 13.1. The second kappa shape index (κ2) is 0.387. The molecule has 1 nitrogen and oxygen atoms in total. The summed E-state index contributed by atoms with van der Waals surface area (Å²) in [6.07, 6.45) is 0.687. The van der Waals surface area contributed by atoms with Gasteiger partial charge in [-0.25, -0.2) is 0 Å². The van der Waals surface area contributed by atoms with Gasteiger partial charge in [-0.2, -0.15) is 0 Å². The van der Waals surface area contributed by atoms with E-state index in [9.17, 15) is 0 Å². The van der Waals surface area contributed by atoms with Crippen molar-refractivity contribution in [2.24, 2.45) is 0 Å². The van der Waals surface area contributed by atoms with E-state index in [1.54, 1.807) is 0 Å². The van der Waals surface area contributed by atoms with Crippen molar-refractivity contribution >= 4 is 0 Å². The van der Waals surface area contributed by atoms with E-state index in [4.69, 9.17) is 4.74 Å². The molecular formula is C13H16FeO. The van der Waals surface area contributed by atoms with Crippen LogP contribution in [0.2, 0.25) is 47.7 Å². The van der Waals surface area contributed by atoms with E-state index in [1.807, 2.05) is 7.11 Å². The van der Waals surface area contributed by atoms with Crippen molar-refractivity contribution in [3.05, 3.63) is 0 Å². The Bertz CT molecular complexity index is 817. The van der Waals surface area contributed by atoms with Crippen LogP contribution in [-0.4, -0.2) is 13.2 Å². The van der Waals surface area contributed by atoms with Crippen LogP contribution >= 0.6 is 0 Å². The molecule has 0 saturated carbocycles. The fourth-order valence-electron chi connectivity index (χ4n) is 17.7. The molecule has 0 aromatic rings. The van der Waals surface area contributed by atoms with Crippen molar-refractivity contribution in [3.8, 4) is 0 Å². The topological polar surface area (TPSA) is 9.23 Å². The third-order valence-corrected chi connectivity index (χ3v) is 58.5. The van der Waals surface area contributed by atoms with E-state index in [1.165, 1.54) is 43.3 Å². The van der Waals surface area contributed by atoms with E-state index >= 15 is 0 Å². The molecule has 0 N–H and O–H groups in total. The van der Waals surface area contributed by atoms with Gasteiger partial charge in [0.25, 0.3) is 0 Å². The molecule has 5 atom stereocenters. The summed E-state index contributed by atoms with van der Waals surface area (Å²) in [5.74, 6) is 0. The average molecular weight is 244 g/mol. The predicted octanol–water partition coefficient (Wildman–Crippen LogP) is 3.78. The summed E-state index contributed by atoms with van der Waals surface area (Å²) < 4.78 is 6.89. The average Bonchev–Trinajstić information content (AvgIpc) is 3.18. The van der Waals surface area contributed by atoms with E-state index in [0.29, 0.717) is 6.10 Å². The Morgan fingerprint density at radius 3 is 1.60 bits per heavy atom. The van der Waals surface area contributed by atoms with E-state index in [0.717, 1.165) is 4.31 Å². The molecule has 0 aromatic carbocycles. The number of hydrogen-bond acceptors (Lipinski definition) is 1. The van der Waals surface area contributed by atoms with Crippen LogP contribution in [-0.2, 0) is 11.2 Å². The van der Waals surface area contributed by atoms with Crippen LogP contribution in [0.25, 0.3) is 0 Å². The van der Waals surface area contributed by atoms with Gasteiger partial charge < -0.3 is 0 Å². The Morgan fingerprint density at radius 2 is 1.40 bits per heavy atom. The SMILES string of the molecule is CO[C@H](C)[C]12[CH]3[CH]4[CH]5[CH]1[Fe]45321678[CH]2[CH]1[CH]6[CH]7[CH]28. The van der Waals surface area contributed by atoms with Gasteiger partial charge >= 0.3 is 79.0 Å². The molecule has 10 heterocycles. The molecule has 0 aromatic heterocycles. The molecule has 2 heteroatoms. The molecule has 10 saturated heterocycles. The van der Waals surface area contributed by atoms with Gasteiger partial charge in [-0.15, -0.1) is 0 Å². The molecule has 82 valence electrons. The normalized spacial score (nSPS) is 136. The zero-order chi connectivity index (χ0) is 9.30. The van der Waals surface area contributed by atoms with Gasteiger partial charge in [0.15, 0.2) is 0 Å². The number of fused-ring (bicyclic) bond motifs is 10. The van der Waals surface area contributed by atoms with Gasteiger partial charge in [0.1, 0.15) is 0 Å². The molecule has 0 bridgehead atoms. The third-order valence-electron chi connectivity index (χ3n) is 15.8. The van der Waals surface area contributed by atoms with Crippen LogP contribution < -0.4 is 0 Å². The second-order valence-corrected chi connectivity index (χ2v) is 34.2. The Kier molecular flexibility index (Phi) is 0.140. The minimum absolute atomic E-state index is 0.687. The van der Waals surface area contributed by atoms with Crippen molar-refractivity contribution in [2.75, 3.05) is 7.11 Å². The summed E-state index contributed by atoms with van der Waals surface area (Å²) in [6.45, 7) is -0.292. The predicted molar refractivity (Wildman–Crippen MR) is 52.9 cm³/mol. The minimum atomic E-state index is -2.75. The van der Waals surface area contributed by atoms with Crippen molar-refractivity contribution in [1.82, 2.24) is 0 Å². The number of ether oxygens (including phenoxy) is 1. The Hall–Kier alpha value is 0.479. The van der Waals surface area contributed by atoms with Gasteiger partial charge in [-0.1, -0.05) is 0 Å². The fraction of sp³-hybridized carbons (Fsp3) is 1.00. The summed E-state index contributed by atoms with van der Waals surface area (Å²) in [5.41, 5.74) is 0. The second-order valence-electron chi connectivity index (χ2n) is 10.6. The van der Waals surface area contributed by atoms with E-state index in [-0.39, 0.29) is 0 Å². The summed E-state index contributed by atoms with van der Waals surface area (Å²) in [6, 6.07) is 0. The Morgan fingerprint density at radius 1 is 0.933 bits per heavy atom. The zero-order valence-electron chi connectivity index (χ0n) is 9.04. The summed E-state index contributed by atoms with van der Waals surface area (Å²) in [7, 11) is 2.00. The van der Waals surface area contributed by atoms with Gasteiger partial charge in [0.2, 0.25) is 0 Å². The standard InChI is InChI=1S/C8H11O.C5H5.Fe/c1-7(9-2)8-5-3-4-6-8;1-2-4-5-3-1;/h3-7H,1-2H3;1-5H;/t7-;;/m1../s1. The molecule has 4 unspecified atom stereocenters. The van der Waals surface area contributed by atoms with E-state index in [2.05, 4.69) is 6.92 Å². The number of hydrogen-bond donors (Lipinski definition) is 0. The zero-order valence-corrected chi connectivity index (χ0v) is 10.1. The maximum atomic E-state index is 5.91. The molecule has 10 aliphatic heterocycles. The number of rotatable bonds is 2. The Labute approximate surface area is 79.2 Å². The quantitative estimate of drug-likeness (QED) is 0.671. The molecule has 0 aliphatic carbocycles. The molecule has 10 fully saturated rings. The molecular weight excluding hydrogens is 228 g/mol. The monoisotopic (exact) mass is 244 g/mol. The van der Waals surface area contributed by atoms with Crippen molar-refractivity contribution in [3.63, 3.8) is 0 Å². The van der Waals surface area contributed by atoms with Crippen LogP contribution in [0.4, 0.5) is 0 Å². The van der Waals surface area contributed by atoms with Crippen LogP contribution in [0.3, 0.4) is 0 Å². The van der Waals surface area contributed by atoms with Gasteiger partial charge in [-0.3, -0.25) is 0 Å². The summed E-state index contributed by atoms with van der Waals surface area (Å²) in [5, 5.41) is 0. The fourth-order valence-corrected chi connectivity index (χ4v) is 93.2. The van der Waals surface area contributed by atoms with Crippen molar-refractivity contribution in [2.45, 2.75) is 60.7 Å². The van der Waals surface area contributed by atoms with Crippen molar-refractivity contribution in [1.29, 1.82) is 0 Å². The molecule has 1 spiro atoms. The molecule has 10 rings (SSSR count). The van der Waals surface area contributed by atoms with Crippen LogP contribution in [0, 0.1) is 0 Å². The van der Waals surface area contributed by atoms with E-state index < -0.39 is 6.51 Å². The third kappa shape index (κ3) is 0.0460. The van der Waals surface area contributed by atoms with Crippen LogP contribution in [0.5, 0.6) is 0 Å². The molecule has 0 radical (unpaired) electrons. The first kappa shape index (κ1) is 5.42.